The van der Waals surface area contributed by atoms with Crippen LogP contribution in [0.25, 0.3) is 16.9 Å². The number of amides is 1. The van der Waals surface area contributed by atoms with E-state index in [1.807, 2.05) is 49.8 Å². The van der Waals surface area contributed by atoms with Crippen LogP contribution in [0.4, 0.5) is 24.5 Å². The summed E-state index contributed by atoms with van der Waals surface area (Å²) in [5.41, 5.74) is 14.8. The number of hydrogen-bond acceptors (Lipinski definition) is 6. The number of aromatic amines is 1. The predicted octanol–water partition coefficient (Wildman–Crippen LogP) is 7.96. The van der Waals surface area contributed by atoms with Gasteiger partial charge in [-0.05, 0) is 76.6 Å². The van der Waals surface area contributed by atoms with Gasteiger partial charge in [0.15, 0.2) is 0 Å². The molecule has 53 heavy (non-hydrogen) atoms. The number of nitrogens with zero attached hydrogens (tertiary/aromatic N) is 6. The SMILES string of the molecule is Cn1ccnc1CN1CCc2cc([NH-])ccc2C1.O=C(Nc1ccc2c(c1)CCN(Cc1ncn[nH]1)C2)c1ccccc1-c1ccc(C(F)(F)F)cc1. The van der Waals surface area contributed by atoms with Crippen LogP contribution in [0, 0.1) is 0 Å². The largest absolute Gasteiger partial charge is 0.699 e. The molecule has 4 aromatic carbocycles. The molecule has 2 aromatic heterocycles. The first-order valence-electron chi connectivity index (χ1n) is 17.4. The number of alkyl halides is 3. The van der Waals surface area contributed by atoms with E-state index in [0.29, 0.717) is 34.6 Å². The summed E-state index contributed by atoms with van der Waals surface area (Å²) in [6.07, 6.45) is 2.80. The molecule has 1 amide bonds. The summed E-state index contributed by atoms with van der Waals surface area (Å²) in [7, 11) is 2.03. The molecule has 0 atom stereocenters. The van der Waals surface area contributed by atoms with Gasteiger partial charge in [0.05, 0.1) is 18.7 Å². The first-order chi connectivity index (χ1) is 25.6. The Morgan fingerprint density at radius 2 is 1.55 bits per heavy atom. The van der Waals surface area contributed by atoms with Crippen molar-refractivity contribution in [3.8, 4) is 11.1 Å². The van der Waals surface area contributed by atoms with Crippen LogP contribution in [-0.4, -0.2) is 53.5 Å². The zero-order valence-electron chi connectivity index (χ0n) is 29.2. The summed E-state index contributed by atoms with van der Waals surface area (Å²) >= 11 is 0. The smallest absolute Gasteiger partial charge is 0.416 e. The van der Waals surface area contributed by atoms with E-state index in [4.69, 9.17) is 5.73 Å². The number of aryl methyl sites for hydroxylation is 1. The average Bonchev–Trinajstić information content (AvgIpc) is 3.83. The van der Waals surface area contributed by atoms with Crippen molar-refractivity contribution in [1.29, 1.82) is 0 Å². The number of imidazole rings is 1. The molecule has 8 rings (SSSR count). The number of anilines is 1. The van der Waals surface area contributed by atoms with Crippen molar-refractivity contribution < 1.29 is 18.0 Å². The fourth-order valence-corrected chi connectivity index (χ4v) is 6.81. The van der Waals surface area contributed by atoms with Crippen LogP contribution in [0.3, 0.4) is 0 Å². The van der Waals surface area contributed by atoms with Gasteiger partial charge in [0, 0.05) is 56.9 Å². The highest BCUT2D eigenvalue weighted by molar-refractivity contribution is 6.08. The molecule has 2 aliphatic heterocycles. The quantitative estimate of drug-likeness (QED) is 0.173. The number of fused-ring (bicyclic) bond motifs is 2. The van der Waals surface area contributed by atoms with Gasteiger partial charge in [-0.3, -0.25) is 19.7 Å². The Kier molecular flexibility index (Phi) is 10.4. The first-order valence-corrected chi connectivity index (χ1v) is 17.4. The van der Waals surface area contributed by atoms with Crippen LogP contribution < -0.4 is 5.32 Å². The zero-order valence-corrected chi connectivity index (χ0v) is 29.2. The van der Waals surface area contributed by atoms with Gasteiger partial charge in [-0.2, -0.15) is 18.3 Å². The molecule has 3 N–H and O–H groups in total. The molecule has 13 heteroatoms. The average molecular weight is 719 g/mol. The Bertz CT molecular complexity index is 2180. The third kappa shape index (κ3) is 8.65. The van der Waals surface area contributed by atoms with Crippen LogP contribution >= 0.6 is 0 Å². The topological polar surface area (TPSA) is 119 Å². The standard InChI is InChI=1S/C26H22F3N5O.C14H17N4/c27-26(28,29)20-8-5-17(6-9-20)22-3-1-2-4-23(22)25(35)32-21-10-7-19-14-34(12-11-18(19)13-21)15-24-30-16-31-33-24;1-17-7-5-16-14(17)10-18-6-4-11-8-13(15)3-2-12(11)9-18/h1-10,13,16H,11-12,14-15H2,(H,32,35)(H,30,31,33);2-3,5,7-8,15H,4,6,9-10H2,1H3/q;-1. The lowest BCUT2D eigenvalue weighted by Crippen LogP contribution is -2.30. The van der Waals surface area contributed by atoms with Crippen molar-refractivity contribution in [1.82, 2.24) is 34.5 Å². The van der Waals surface area contributed by atoms with Crippen molar-refractivity contribution in [2.45, 2.75) is 45.2 Å². The van der Waals surface area contributed by atoms with E-state index in [1.54, 1.807) is 24.3 Å². The third-order valence-corrected chi connectivity index (χ3v) is 9.67. The molecule has 0 unspecified atom stereocenters. The van der Waals surface area contributed by atoms with Gasteiger partial charge in [-0.15, -0.1) is 5.69 Å². The Morgan fingerprint density at radius 1 is 0.849 bits per heavy atom. The van der Waals surface area contributed by atoms with Gasteiger partial charge in [-0.25, -0.2) is 9.97 Å². The van der Waals surface area contributed by atoms with E-state index in [1.165, 1.54) is 40.7 Å². The second kappa shape index (κ2) is 15.4. The molecule has 4 heterocycles. The zero-order chi connectivity index (χ0) is 37.0. The molecular formula is C40H39F3N9O-. The molecule has 10 nitrogen and oxygen atoms in total. The van der Waals surface area contributed by atoms with E-state index in [0.717, 1.165) is 69.3 Å². The normalized spacial score (nSPS) is 14.5. The monoisotopic (exact) mass is 718 g/mol. The number of nitrogens with one attached hydrogen (secondary N) is 3. The van der Waals surface area contributed by atoms with E-state index < -0.39 is 11.7 Å². The van der Waals surface area contributed by atoms with Crippen LogP contribution in [-0.2, 0) is 52.2 Å². The van der Waals surface area contributed by atoms with Crippen molar-refractivity contribution in [2.24, 2.45) is 7.05 Å². The fraction of sp³-hybridized carbons (Fsp3) is 0.250. The Balaban J connectivity index is 0.000000202. The Hall–Kier alpha value is -5.79. The number of carbonyl (C=O) groups excluding carboxylic acids is 1. The lowest BCUT2D eigenvalue weighted by atomic mass is 9.97. The number of rotatable bonds is 7. The predicted molar refractivity (Wildman–Crippen MR) is 197 cm³/mol. The number of H-pyrrole nitrogens is 1. The Labute approximate surface area is 305 Å². The van der Waals surface area contributed by atoms with E-state index >= 15 is 0 Å². The highest BCUT2D eigenvalue weighted by Crippen LogP contribution is 2.32. The summed E-state index contributed by atoms with van der Waals surface area (Å²) in [6.45, 7) is 5.24. The lowest BCUT2D eigenvalue weighted by Gasteiger charge is -2.29. The molecule has 0 spiro atoms. The fourth-order valence-electron chi connectivity index (χ4n) is 6.81. The van der Waals surface area contributed by atoms with Gasteiger partial charge >= 0.3 is 6.18 Å². The number of aromatic nitrogens is 5. The number of hydrogen-bond donors (Lipinski definition) is 2. The molecule has 6 aromatic rings. The van der Waals surface area contributed by atoms with Crippen LogP contribution in [0.2, 0.25) is 0 Å². The highest BCUT2D eigenvalue weighted by Gasteiger charge is 2.30. The summed E-state index contributed by atoms with van der Waals surface area (Å²) in [6, 6.07) is 23.5. The minimum atomic E-state index is -4.41. The van der Waals surface area contributed by atoms with E-state index in [-0.39, 0.29) is 5.91 Å². The molecule has 0 saturated carbocycles. The van der Waals surface area contributed by atoms with Gasteiger partial charge in [-0.1, -0.05) is 54.6 Å². The molecule has 0 aliphatic carbocycles. The lowest BCUT2D eigenvalue weighted by molar-refractivity contribution is -0.137. The molecule has 0 bridgehead atoms. The molecule has 2 aliphatic rings. The molecule has 0 fully saturated rings. The number of benzene rings is 4. The summed E-state index contributed by atoms with van der Waals surface area (Å²) in [5.74, 6) is 1.61. The highest BCUT2D eigenvalue weighted by atomic mass is 19.4. The van der Waals surface area contributed by atoms with Gasteiger partial charge in [0.2, 0.25) is 0 Å². The van der Waals surface area contributed by atoms with Crippen molar-refractivity contribution in [3.63, 3.8) is 0 Å². The van der Waals surface area contributed by atoms with E-state index in [2.05, 4.69) is 45.9 Å². The van der Waals surface area contributed by atoms with Crippen molar-refractivity contribution in [3.05, 3.63) is 154 Å². The van der Waals surface area contributed by atoms with Crippen molar-refractivity contribution >= 4 is 17.3 Å². The Morgan fingerprint density at radius 3 is 2.23 bits per heavy atom. The summed E-state index contributed by atoms with van der Waals surface area (Å²) in [5, 5.41) is 9.71. The van der Waals surface area contributed by atoms with Crippen molar-refractivity contribution in [2.75, 3.05) is 18.4 Å². The first kappa shape index (κ1) is 35.6. The van der Waals surface area contributed by atoms with Gasteiger partial charge in [0.1, 0.15) is 18.0 Å². The second-order valence-electron chi connectivity index (χ2n) is 13.3. The van der Waals surface area contributed by atoms with Crippen LogP contribution in [0.15, 0.2) is 104 Å². The number of carbonyl (C=O) groups is 1. The molecule has 272 valence electrons. The number of halogens is 3. The van der Waals surface area contributed by atoms with Crippen LogP contribution in [0.1, 0.15) is 49.8 Å². The maximum atomic E-state index is 13.1. The molecular weight excluding hydrogens is 679 g/mol. The third-order valence-electron chi connectivity index (χ3n) is 9.67. The summed E-state index contributed by atoms with van der Waals surface area (Å²) in [4.78, 5) is 26.4. The minimum absolute atomic E-state index is 0.316. The summed E-state index contributed by atoms with van der Waals surface area (Å²) < 4.78 is 40.8. The van der Waals surface area contributed by atoms with Gasteiger partial charge < -0.3 is 15.6 Å². The molecule has 0 saturated heterocycles. The van der Waals surface area contributed by atoms with Gasteiger partial charge in [0.25, 0.3) is 5.91 Å². The second-order valence-corrected chi connectivity index (χ2v) is 13.3. The maximum Gasteiger partial charge on any atom is 0.416 e. The minimum Gasteiger partial charge on any atom is -0.699 e. The molecule has 0 radical (unpaired) electrons. The van der Waals surface area contributed by atoms with E-state index in [9.17, 15) is 18.0 Å². The maximum absolute atomic E-state index is 13.1. The van der Waals surface area contributed by atoms with Crippen LogP contribution in [0.5, 0.6) is 0 Å².